The fourth-order valence-electron chi connectivity index (χ4n) is 2.02. The van der Waals surface area contributed by atoms with Crippen molar-refractivity contribution in [3.8, 4) is 11.8 Å². The number of nitrogens with two attached hydrogens (primary N) is 1. The van der Waals surface area contributed by atoms with E-state index in [1.807, 2.05) is 6.07 Å². The zero-order valence-corrected chi connectivity index (χ0v) is 9.71. The summed E-state index contributed by atoms with van der Waals surface area (Å²) < 4.78 is 15.5. The Hall–Kier alpha value is -2.94. The molecule has 3 rings (SSSR count). The van der Waals surface area contributed by atoms with E-state index < -0.39 is 5.82 Å². The van der Waals surface area contributed by atoms with E-state index >= 15 is 0 Å². The Labute approximate surface area is 107 Å². The second kappa shape index (κ2) is 4.07. The van der Waals surface area contributed by atoms with Crippen LogP contribution < -0.4 is 5.73 Å². The van der Waals surface area contributed by atoms with Gasteiger partial charge in [0.05, 0.1) is 5.52 Å². The van der Waals surface area contributed by atoms with Crippen LogP contribution in [-0.4, -0.2) is 14.5 Å². The number of aromatic nitrogens is 3. The molecule has 0 spiro atoms. The number of pyridine rings is 1. The number of nitrogen functional groups attached to an aromatic ring is 1. The zero-order valence-electron chi connectivity index (χ0n) is 9.71. The molecule has 0 unspecified atom stereocenters. The van der Waals surface area contributed by atoms with Crippen LogP contribution in [0.2, 0.25) is 0 Å². The first kappa shape index (κ1) is 11.2. The third-order valence-corrected chi connectivity index (χ3v) is 2.83. The van der Waals surface area contributed by atoms with E-state index in [1.54, 1.807) is 18.3 Å². The molecule has 5 nitrogen and oxygen atoms in total. The van der Waals surface area contributed by atoms with Gasteiger partial charge in [0.1, 0.15) is 11.8 Å². The molecule has 0 saturated carbocycles. The van der Waals surface area contributed by atoms with Gasteiger partial charge in [-0.15, -0.1) is 0 Å². The summed E-state index contributed by atoms with van der Waals surface area (Å²) in [5.74, 6) is -0.450. The predicted molar refractivity (Wildman–Crippen MR) is 68.0 cm³/mol. The Morgan fingerprint density at radius 2 is 2.16 bits per heavy atom. The lowest BCUT2D eigenvalue weighted by Crippen LogP contribution is -2.04. The lowest BCUT2D eigenvalue weighted by atomic mass is 10.1. The molecule has 0 bridgehead atoms. The summed E-state index contributed by atoms with van der Waals surface area (Å²) in [4.78, 5) is 8.01. The van der Waals surface area contributed by atoms with Crippen molar-refractivity contribution in [3.63, 3.8) is 0 Å². The van der Waals surface area contributed by atoms with Crippen molar-refractivity contribution in [2.24, 2.45) is 0 Å². The minimum Gasteiger partial charge on any atom is -0.398 e. The van der Waals surface area contributed by atoms with Crippen LogP contribution in [0.4, 0.5) is 10.1 Å². The van der Waals surface area contributed by atoms with Crippen LogP contribution in [0.15, 0.2) is 36.8 Å². The number of imidazole rings is 1. The molecule has 6 heteroatoms. The molecule has 19 heavy (non-hydrogen) atoms. The quantitative estimate of drug-likeness (QED) is 0.673. The first-order valence-electron chi connectivity index (χ1n) is 5.49. The van der Waals surface area contributed by atoms with E-state index in [-0.39, 0.29) is 11.5 Å². The van der Waals surface area contributed by atoms with E-state index in [4.69, 9.17) is 11.0 Å². The van der Waals surface area contributed by atoms with E-state index in [2.05, 4.69) is 9.97 Å². The number of benzene rings is 1. The fraction of sp³-hybridized carbons (Fsp3) is 0. The highest BCUT2D eigenvalue weighted by Crippen LogP contribution is 2.28. The van der Waals surface area contributed by atoms with Crippen molar-refractivity contribution < 1.29 is 4.39 Å². The molecule has 2 aromatic heterocycles. The standard InChI is InChI=1S/C13H8FN5/c14-9-6-10(16)8-2-1-3-18-12(8)13(9)19-5-4-17-11(19)7-15/h1-6H,16H2. The van der Waals surface area contributed by atoms with E-state index in [1.165, 1.54) is 23.0 Å². The second-order valence-corrected chi connectivity index (χ2v) is 3.93. The maximum atomic E-state index is 14.2. The van der Waals surface area contributed by atoms with Crippen molar-refractivity contribution in [1.29, 1.82) is 5.26 Å². The van der Waals surface area contributed by atoms with Crippen LogP contribution in [0.5, 0.6) is 0 Å². The molecule has 0 radical (unpaired) electrons. The van der Waals surface area contributed by atoms with Gasteiger partial charge >= 0.3 is 0 Å². The lowest BCUT2D eigenvalue weighted by molar-refractivity contribution is 0.620. The Bertz CT molecular complexity index is 816. The SMILES string of the molecule is N#Cc1nccn1-c1c(F)cc(N)c2cccnc12. The average molecular weight is 253 g/mol. The number of anilines is 1. The molecular weight excluding hydrogens is 245 g/mol. The number of nitrogens with zero attached hydrogens (tertiary/aromatic N) is 4. The first-order chi connectivity index (χ1) is 9.22. The third kappa shape index (κ3) is 1.60. The molecule has 0 aliphatic heterocycles. The van der Waals surface area contributed by atoms with Gasteiger partial charge in [-0.3, -0.25) is 9.55 Å². The number of halogens is 1. The van der Waals surface area contributed by atoms with Gasteiger partial charge in [0.15, 0.2) is 5.82 Å². The molecule has 0 saturated heterocycles. The number of rotatable bonds is 1. The van der Waals surface area contributed by atoms with Crippen molar-refractivity contribution >= 4 is 16.6 Å². The molecule has 2 N–H and O–H groups in total. The van der Waals surface area contributed by atoms with Gasteiger partial charge < -0.3 is 5.73 Å². The number of fused-ring (bicyclic) bond motifs is 1. The minimum atomic E-state index is -0.543. The summed E-state index contributed by atoms with van der Waals surface area (Å²) in [5.41, 5.74) is 6.67. The highest BCUT2D eigenvalue weighted by molar-refractivity contribution is 5.95. The van der Waals surface area contributed by atoms with Gasteiger partial charge in [0, 0.05) is 29.7 Å². The van der Waals surface area contributed by atoms with Gasteiger partial charge in [-0.25, -0.2) is 9.37 Å². The highest BCUT2D eigenvalue weighted by Gasteiger charge is 2.16. The predicted octanol–water partition coefficient (Wildman–Crippen LogP) is 2.01. The molecule has 0 amide bonds. The molecular formula is C13H8FN5. The average Bonchev–Trinajstić information content (AvgIpc) is 2.87. The van der Waals surface area contributed by atoms with Gasteiger partial charge in [-0.1, -0.05) is 0 Å². The molecule has 1 aromatic carbocycles. The highest BCUT2D eigenvalue weighted by atomic mass is 19.1. The van der Waals surface area contributed by atoms with Crippen LogP contribution in [-0.2, 0) is 0 Å². The normalized spacial score (nSPS) is 10.5. The Morgan fingerprint density at radius 3 is 2.95 bits per heavy atom. The van der Waals surface area contributed by atoms with Crippen molar-refractivity contribution in [1.82, 2.24) is 14.5 Å². The van der Waals surface area contributed by atoms with E-state index in [9.17, 15) is 4.39 Å². The van der Waals surface area contributed by atoms with Crippen LogP contribution >= 0.6 is 0 Å². The molecule has 0 atom stereocenters. The molecule has 0 aliphatic carbocycles. The van der Waals surface area contributed by atoms with Crippen LogP contribution in [0.1, 0.15) is 5.82 Å². The van der Waals surface area contributed by atoms with Gasteiger partial charge in [0.2, 0.25) is 5.82 Å². The topological polar surface area (TPSA) is 80.5 Å². The Kier molecular flexibility index (Phi) is 2.39. The maximum absolute atomic E-state index is 14.2. The van der Waals surface area contributed by atoms with Gasteiger partial charge in [-0.05, 0) is 18.2 Å². The van der Waals surface area contributed by atoms with Gasteiger partial charge in [0.25, 0.3) is 0 Å². The third-order valence-electron chi connectivity index (χ3n) is 2.83. The van der Waals surface area contributed by atoms with Crippen molar-refractivity contribution in [3.05, 3.63) is 48.4 Å². The molecule has 3 aromatic rings. The second-order valence-electron chi connectivity index (χ2n) is 3.93. The largest absolute Gasteiger partial charge is 0.398 e. The fourth-order valence-corrected chi connectivity index (χ4v) is 2.02. The number of nitriles is 1. The Balaban J connectivity index is 2.45. The maximum Gasteiger partial charge on any atom is 0.217 e. The van der Waals surface area contributed by atoms with Crippen molar-refractivity contribution in [2.75, 3.05) is 5.73 Å². The monoisotopic (exact) mass is 253 g/mol. The minimum absolute atomic E-state index is 0.0932. The van der Waals surface area contributed by atoms with Crippen molar-refractivity contribution in [2.45, 2.75) is 0 Å². The van der Waals surface area contributed by atoms with Crippen LogP contribution in [0.25, 0.3) is 16.6 Å². The van der Waals surface area contributed by atoms with Gasteiger partial charge in [-0.2, -0.15) is 5.26 Å². The molecule has 0 fully saturated rings. The summed E-state index contributed by atoms with van der Waals surface area (Å²) in [6.07, 6.45) is 4.50. The Morgan fingerprint density at radius 1 is 1.32 bits per heavy atom. The number of hydrogen-bond acceptors (Lipinski definition) is 4. The zero-order chi connectivity index (χ0) is 13.4. The lowest BCUT2D eigenvalue weighted by Gasteiger charge is -2.10. The first-order valence-corrected chi connectivity index (χ1v) is 5.49. The molecule has 2 heterocycles. The van der Waals surface area contributed by atoms with Crippen LogP contribution in [0.3, 0.4) is 0 Å². The van der Waals surface area contributed by atoms with Crippen LogP contribution in [0, 0.1) is 17.1 Å². The summed E-state index contributed by atoms with van der Waals surface area (Å²) in [7, 11) is 0. The molecule has 0 aliphatic rings. The summed E-state index contributed by atoms with van der Waals surface area (Å²) in [6.45, 7) is 0. The van der Waals surface area contributed by atoms with E-state index in [0.29, 0.717) is 16.6 Å². The summed E-state index contributed by atoms with van der Waals surface area (Å²) in [5, 5.41) is 9.62. The summed E-state index contributed by atoms with van der Waals surface area (Å²) >= 11 is 0. The number of hydrogen-bond donors (Lipinski definition) is 1. The smallest absolute Gasteiger partial charge is 0.217 e. The van der Waals surface area contributed by atoms with E-state index in [0.717, 1.165) is 0 Å². The molecule has 92 valence electrons. The summed E-state index contributed by atoms with van der Waals surface area (Å²) in [6, 6.07) is 6.60.